The van der Waals surface area contributed by atoms with Crippen molar-refractivity contribution in [1.82, 2.24) is 0 Å². The van der Waals surface area contributed by atoms with E-state index in [2.05, 4.69) is 482 Å². The largest absolute Gasteiger partial charge is 0.310 e. The van der Waals surface area contributed by atoms with E-state index in [1.54, 1.807) is 0 Å². The molecule has 0 saturated carbocycles. The van der Waals surface area contributed by atoms with E-state index >= 15 is 0 Å². The van der Waals surface area contributed by atoms with Gasteiger partial charge < -0.3 is 19.6 Å². The van der Waals surface area contributed by atoms with E-state index in [1.165, 1.54) is 166 Å². The monoisotopic (exact) mass is 1530 g/mol. The number of aryl methyl sites for hydroxylation is 2. The van der Waals surface area contributed by atoms with Crippen molar-refractivity contribution in [2.75, 3.05) is 19.6 Å². The van der Waals surface area contributed by atoms with Crippen molar-refractivity contribution in [3.8, 4) is 44.5 Å². The van der Waals surface area contributed by atoms with Gasteiger partial charge in [0.15, 0.2) is 0 Å². The van der Waals surface area contributed by atoms with E-state index < -0.39 is 10.8 Å². The van der Waals surface area contributed by atoms with Gasteiger partial charge in [0, 0.05) is 67.6 Å². The number of anilines is 12. The first kappa shape index (κ1) is 70.1. The minimum Gasteiger partial charge on any atom is -0.310 e. The lowest BCUT2D eigenvalue weighted by Gasteiger charge is -2.34. The predicted octanol–water partition coefficient (Wildman–Crippen LogP) is 31.2. The van der Waals surface area contributed by atoms with E-state index in [9.17, 15) is 0 Å². The van der Waals surface area contributed by atoms with Crippen molar-refractivity contribution in [3.05, 3.63) is 505 Å². The fraction of sp³-hybridized carbons (Fsp3) is 0.0345. The lowest BCUT2D eigenvalue weighted by atomic mass is 9.69. The zero-order chi connectivity index (χ0) is 79.6. The molecule has 0 N–H and O–H groups in total. The van der Waals surface area contributed by atoms with Gasteiger partial charge in [-0.1, -0.05) is 328 Å². The van der Waals surface area contributed by atoms with Crippen LogP contribution in [0.4, 0.5) is 68.2 Å². The topological polar surface area (TPSA) is 13.0 Å². The molecule has 0 saturated heterocycles. The first-order valence-electron chi connectivity index (χ1n) is 41.7. The van der Waals surface area contributed by atoms with Crippen LogP contribution in [0.25, 0.3) is 87.6 Å². The molecule has 0 radical (unpaired) electrons. The van der Waals surface area contributed by atoms with E-state index in [-0.39, 0.29) is 0 Å². The van der Waals surface area contributed by atoms with Gasteiger partial charge in [0.2, 0.25) is 0 Å². The van der Waals surface area contributed by atoms with Gasteiger partial charge in [-0.2, -0.15) is 0 Å². The molecule has 0 amide bonds. The maximum Gasteiger partial charge on any atom is 0.0732 e. The van der Waals surface area contributed by atoms with Crippen molar-refractivity contribution in [2.24, 2.45) is 0 Å². The van der Waals surface area contributed by atoms with Gasteiger partial charge in [0.25, 0.3) is 0 Å². The third-order valence-electron chi connectivity index (χ3n) is 25.9. The van der Waals surface area contributed by atoms with Gasteiger partial charge >= 0.3 is 0 Å². The first-order chi connectivity index (χ1) is 59.4. The lowest BCUT2D eigenvalue weighted by Crippen LogP contribution is -2.26. The number of nitrogens with zero attached hydrogens (tertiary/aromatic N) is 4. The minimum absolute atomic E-state index is 0.560. The molecular formula is C116H80N4. The summed E-state index contributed by atoms with van der Waals surface area (Å²) in [6.45, 7) is 4.42. The molecular weight excluding hydrogens is 1450 g/mol. The highest BCUT2D eigenvalue weighted by Gasteiger charge is 2.55. The predicted molar refractivity (Wildman–Crippen MR) is 504 cm³/mol. The molecule has 564 valence electrons. The molecule has 20 aromatic carbocycles. The van der Waals surface area contributed by atoms with E-state index in [0.717, 1.165) is 45.5 Å². The van der Waals surface area contributed by atoms with Gasteiger partial charge in [-0.25, -0.2) is 0 Å². The SMILES string of the molecule is Cc1ccccc1N(c1ccccc1)c1ccc2c3c(ccc2c1)-c1c(cc(N(c2ccccc2)c2ccccc2C)c2ccccc12)C31c2ccccc2-c2ccccc21.c1ccc(N(c2ccccc2)c2ccc3c4c(ccc3c2)-c2c(cc(N(c3ccccc3)c3ccccc3)c3ccccc23)C42c3ccccc3-c3ccccc32)cc1. The Labute approximate surface area is 699 Å². The molecule has 24 rings (SSSR count). The third-order valence-corrected chi connectivity index (χ3v) is 25.9. The Kier molecular flexibility index (Phi) is 16.5. The van der Waals surface area contributed by atoms with Crippen LogP contribution in [0.3, 0.4) is 0 Å². The summed E-state index contributed by atoms with van der Waals surface area (Å²) in [5, 5.41) is 9.93. The highest BCUT2D eigenvalue weighted by molar-refractivity contribution is 6.18. The van der Waals surface area contributed by atoms with Crippen LogP contribution in [-0.4, -0.2) is 0 Å². The summed E-state index contributed by atoms with van der Waals surface area (Å²) in [5.41, 5.74) is 36.2. The first-order valence-corrected chi connectivity index (χ1v) is 41.7. The fourth-order valence-electron chi connectivity index (χ4n) is 21.1. The van der Waals surface area contributed by atoms with E-state index in [0.29, 0.717) is 0 Å². The van der Waals surface area contributed by atoms with Crippen LogP contribution in [0.2, 0.25) is 0 Å². The van der Waals surface area contributed by atoms with Gasteiger partial charge in [-0.15, -0.1) is 0 Å². The normalized spacial score (nSPS) is 12.9. The number of hydrogen-bond donors (Lipinski definition) is 0. The lowest BCUT2D eigenvalue weighted by molar-refractivity contribution is 0.802. The van der Waals surface area contributed by atoms with Crippen molar-refractivity contribution in [1.29, 1.82) is 0 Å². The van der Waals surface area contributed by atoms with Crippen molar-refractivity contribution >= 4 is 111 Å². The number of rotatable bonds is 12. The number of hydrogen-bond acceptors (Lipinski definition) is 4. The van der Waals surface area contributed by atoms with Crippen LogP contribution in [0, 0.1) is 13.8 Å². The minimum atomic E-state index is -0.569. The molecule has 0 aliphatic heterocycles. The Morgan fingerprint density at radius 1 is 0.167 bits per heavy atom. The number of benzene rings is 20. The van der Waals surface area contributed by atoms with Crippen LogP contribution in [0.5, 0.6) is 0 Å². The average molecular weight is 1530 g/mol. The van der Waals surface area contributed by atoms with Crippen LogP contribution in [0.1, 0.15) is 55.6 Å². The molecule has 0 aromatic heterocycles. The Bertz CT molecular complexity index is 7280. The second-order valence-electron chi connectivity index (χ2n) is 32.1. The molecule has 0 fully saturated rings. The van der Waals surface area contributed by atoms with Crippen molar-refractivity contribution < 1.29 is 0 Å². The highest BCUT2D eigenvalue weighted by atomic mass is 15.2. The third kappa shape index (κ3) is 10.6. The smallest absolute Gasteiger partial charge is 0.0732 e. The summed E-state index contributed by atoms with van der Waals surface area (Å²) >= 11 is 0. The molecule has 0 atom stereocenters. The van der Waals surface area contributed by atoms with Crippen LogP contribution in [-0.2, 0) is 10.8 Å². The Morgan fingerprint density at radius 2 is 0.442 bits per heavy atom. The van der Waals surface area contributed by atoms with Crippen LogP contribution < -0.4 is 19.6 Å². The standard InChI is InChI=1S/C59H42N2.C57H38N2/c1-39-19-9-17-31-54(39)60(42-21-5-3-6-22-42)44-34-36-45-41(37-44)33-35-50-57-49-28-12-11-27-48(49)56(61(43-23-7-4-8-24-43)55-32-18-10-20-40(55)2)38-53(57)59(58(45)50)51-29-15-13-25-46(51)47-26-14-16-30-52(47)59;1-5-19-40(20-6-1)58(41-21-7-2-8-22-41)44-34-36-45-39(37-44)33-35-50-55-49-30-14-13-29-48(49)54(59(42-23-9-3-10-24-42)43-25-11-4-12-26-43)38-53(55)57(56(45)50)51-31-17-15-27-46(51)47-28-16-18-32-52(47)57/h3-38H,1-2H3;1-38H. The Morgan fingerprint density at radius 3 is 0.808 bits per heavy atom. The molecule has 120 heavy (non-hydrogen) atoms. The summed E-state index contributed by atoms with van der Waals surface area (Å²) in [5.74, 6) is 0. The Balaban J connectivity index is 0.000000140. The van der Waals surface area contributed by atoms with E-state index in [1.807, 2.05) is 0 Å². The second kappa shape index (κ2) is 28.2. The molecule has 4 heteroatoms. The molecule has 4 nitrogen and oxygen atoms in total. The van der Waals surface area contributed by atoms with Gasteiger partial charge in [-0.3, -0.25) is 0 Å². The molecule has 2 spiro atoms. The summed E-state index contributed by atoms with van der Waals surface area (Å²) in [7, 11) is 0. The number of para-hydroxylation sites is 8. The number of fused-ring (bicyclic) bond motifs is 28. The van der Waals surface area contributed by atoms with Crippen LogP contribution >= 0.6 is 0 Å². The maximum atomic E-state index is 2.55. The van der Waals surface area contributed by atoms with E-state index in [4.69, 9.17) is 0 Å². The molecule has 20 aromatic rings. The average Bonchev–Trinajstić information content (AvgIpc) is 1.50. The zero-order valence-corrected chi connectivity index (χ0v) is 66.5. The highest BCUT2D eigenvalue weighted by Crippen LogP contribution is 2.69. The van der Waals surface area contributed by atoms with Gasteiger partial charge in [0.05, 0.1) is 22.2 Å². The van der Waals surface area contributed by atoms with Crippen molar-refractivity contribution in [3.63, 3.8) is 0 Å². The molecule has 4 aliphatic rings. The van der Waals surface area contributed by atoms with Gasteiger partial charge in [-0.05, 0) is 268 Å². The maximum absolute atomic E-state index is 2.55. The van der Waals surface area contributed by atoms with Gasteiger partial charge in [0.1, 0.15) is 0 Å². The summed E-state index contributed by atoms with van der Waals surface area (Å²) in [4.78, 5) is 9.68. The fourth-order valence-corrected chi connectivity index (χ4v) is 21.1. The molecule has 0 heterocycles. The van der Waals surface area contributed by atoms with Crippen molar-refractivity contribution in [2.45, 2.75) is 24.7 Å². The summed E-state index contributed by atoms with van der Waals surface area (Å²) < 4.78 is 0. The summed E-state index contributed by atoms with van der Waals surface area (Å²) in [6.07, 6.45) is 0. The molecule has 4 aliphatic carbocycles. The molecule has 0 bridgehead atoms. The zero-order valence-electron chi connectivity index (χ0n) is 66.5. The van der Waals surface area contributed by atoms with Crippen LogP contribution in [0.15, 0.2) is 449 Å². The Hall–Kier alpha value is -15.4. The summed E-state index contributed by atoms with van der Waals surface area (Å²) in [6, 6.07) is 166. The quantitative estimate of drug-likeness (QED) is 0.121. The second-order valence-corrected chi connectivity index (χ2v) is 32.1. The molecule has 0 unspecified atom stereocenters.